The molecule has 0 spiro atoms. The van der Waals surface area contributed by atoms with Crippen LogP contribution in [0.15, 0.2) is 24.3 Å². The Morgan fingerprint density at radius 1 is 1.30 bits per heavy atom. The third-order valence-electron chi connectivity index (χ3n) is 4.62. The maximum Gasteiger partial charge on any atom is 0.341 e. The van der Waals surface area contributed by atoms with Gasteiger partial charge in [-0.1, -0.05) is 13.0 Å². The lowest BCUT2D eigenvalue weighted by atomic mass is 9.88. The van der Waals surface area contributed by atoms with E-state index in [-0.39, 0.29) is 18.0 Å². The molecule has 1 aliphatic rings. The predicted octanol–water partition coefficient (Wildman–Crippen LogP) is 4.70. The number of methoxy groups -OCH3 is 1. The van der Waals surface area contributed by atoms with Gasteiger partial charge in [0, 0.05) is 10.4 Å². The van der Waals surface area contributed by atoms with E-state index in [9.17, 15) is 9.59 Å². The Balaban J connectivity index is 1.93. The molecule has 0 unspecified atom stereocenters. The smallest absolute Gasteiger partial charge is 0.341 e. The number of benzene rings is 1. The average Bonchev–Trinajstić information content (AvgIpc) is 2.98. The summed E-state index contributed by atoms with van der Waals surface area (Å²) in [5, 5.41) is 3.50. The lowest BCUT2D eigenvalue weighted by Crippen LogP contribution is -2.18. The summed E-state index contributed by atoms with van der Waals surface area (Å²) >= 11 is 1.49. The molecule has 0 radical (unpaired) electrons. The first-order valence-corrected chi connectivity index (χ1v) is 10.0. The Bertz CT molecular complexity index is 856. The minimum Gasteiger partial charge on any atom is -0.497 e. The molecular weight excluding hydrogens is 362 g/mol. The van der Waals surface area contributed by atoms with Crippen LogP contribution in [0.4, 0.5) is 5.00 Å². The van der Waals surface area contributed by atoms with Gasteiger partial charge >= 0.3 is 5.97 Å². The van der Waals surface area contributed by atoms with Crippen LogP contribution in [-0.4, -0.2) is 25.1 Å². The van der Waals surface area contributed by atoms with Gasteiger partial charge < -0.3 is 14.8 Å². The Morgan fingerprint density at radius 3 is 2.78 bits per heavy atom. The lowest BCUT2D eigenvalue weighted by molar-refractivity contribution is 0.0378. The van der Waals surface area contributed by atoms with Crippen LogP contribution in [0.3, 0.4) is 0 Å². The minimum atomic E-state index is -0.363. The third kappa shape index (κ3) is 4.33. The summed E-state index contributed by atoms with van der Waals surface area (Å²) < 4.78 is 10.6. The molecule has 6 heteroatoms. The van der Waals surface area contributed by atoms with Gasteiger partial charge in [0.15, 0.2) is 0 Å². The van der Waals surface area contributed by atoms with Gasteiger partial charge in [-0.15, -0.1) is 11.3 Å². The van der Waals surface area contributed by atoms with E-state index in [0.717, 1.165) is 24.8 Å². The van der Waals surface area contributed by atoms with E-state index in [1.807, 2.05) is 13.8 Å². The summed E-state index contributed by atoms with van der Waals surface area (Å²) in [6.45, 7) is 5.86. The fraction of sp³-hybridized carbons (Fsp3) is 0.429. The number of fused-ring (bicyclic) bond motifs is 1. The molecule has 0 bridgehead atoms. The minimum absolute atomic E-state index is 0.211. The second-order valence-electron chi connectivity index (χ2n) is 7.20. The zero-order valence-electron chi connectivity index (χ0n) is 16.1. The molecule has 2 aromatic rings. The first kappa shape index (κ1) is 19.4. The van der Waals surface area contributed by atoms with Crippen molar-refractivity contribution < 1.29 is 19.1 Å². The molecule has 144 valence electrons. The standard InChI is InChI=1S/C21H25NO4S/c1-12(2)26-21(24)18-16-9-8-13(3)10-17(16)27-20(18)22-19(23)14-6-5-7-15(11-14)25-4/h5-7,11-13H,8-10H2,1-4H3,(H,22,23)/t13-/m1/s1. The molecule has 0 aliphatic heterocycles. The number of ether oxygens (including phenoxy) is 2. The highest BCUT2D eigenvalue weighted by Gasteiger charge is 2.29. The van der Waals surface area contributed by atoms with E-state index >= 15 is 0 Å². The van der Waals surface area contributed by atoms with Gasteiger partial charge in [-0.05, 0) is 62.8 Å². The van der Waals surface area contributed by atoms with Crippen LogP contribution < -0.4 is 10.1 Å². The zero-order valence-corrected chi connectivity index (χ0v) is 16.9. The number of nitrogens with one attached hydrogen (secondary N) is 1. The topological polar surface area (TPSA) is 64.6 Å². The number of rotatable bonds is 5. The summed E-state index contributed by atoms with van der Waals surface area (Å²) in [6.07, 6.45) is 2.59. The quantitative estimate of drug-likeness (QED) is 0.756. The number of carbonyl (C=O) groups is 2. The van der Waals surface area contributed by atoms with E-state index in [0.29, 0.717) is 27.8 Å². The van der Waals surface area contributed by atoms with Crippen molar-refractivity contribution in [3.05, 3.63) is 45.8 Å². The second-order valence-corrected chi connectivity index (χ2v) is 8.30. The van der Waals surface area contributed by atoms with Crippen molar-refractivity contribution in [3.63, 3.8) is 0 Å². The fourth-order valence-corrected chi connectivity index (χ4v) is 4.66. The molecule has 1 amide bonds. The van der Waals surface area contributed by atoms with E-state index < -0.39 is 0 Å². The van der Waals surface area contributed by atoms with Crippen molar-refractivity contribution >= 4 is 28.2 Å². The monoisotopic (exact) mass is 387 g/mol. The van der Waals surface area contributed by atoms with Crippen molar-refractivity contribution in [1.82, 2.24) is 0 Å². The predicted molar refractivity (Wildman–Crippen MR) is 107 cm³/mol. The lowest BCUT2D eigenvalue weighted by Gasteiger charge is -2.18. The SMILES string of the molecule is COc1cccc(C(=O)Nc2sc3c(c2C(=O)OC(C)C)CC[C@@H](C)C3)c1. The van der Waals surface area contributed by atoms with Crippen LogP contribution in [0.5, 0.6) is 5.75 Å². The molecule has 0 saturated carbocycles. The highest BCUT2D eigenvalue weighted by molar-refractivity contribution is 7.17. The van der Waals surface area contributed by atoms with Crippen molar-refractivity contribution in [2.24, 2.45) is 5.92 Å². The molecule has 1 aliphatic carbocycles. The zero-order chi connectivity index (χ0) is 19.6. The van der Waals surface area contributed by atoms with Crippen molar-refractivity contribution in [3.8, 4) is 5.75 Å². The second kappa shape index (κ2) is 8.13. The number of thiophene rings is 1. The van der Waals surface area contributed by atoms with Crippen LogP contribution in [0.2, 0.25) is 0 Å². The van der Waals surface area contributed by atoms with Gasteiger partial charge in [0.25, 0.3) is 5.91 Å². The Kier molecular flexibility index (Phi) is 5.85. The molecule has 1 atom stereocenters. The highest BCUT2D eigenvalue weighted by Crippen LogP contribution is 2.40. The molecule has 1 aromatic carbocycles. The van der Waals surface area contributed by atoms with E-state index in [2.05, 4.69) is 12.2 Å². The number of amides is 1. The first-order valence-electron chi connectivity index (χ1n) is 9.20. The van der Waals surface area contributed by atoms with Crippen LogP contribution in [0, 0.1) is 5.92 Å². The van der Waals surface area contributed by atoms with Gasteiger partial charge in [-0.25, -0.2) is 4.79 Å². The van der Waals surface area contributed by atoms with Crippen molar-refractivity contribution in [1.29, 1.82) is 0 Å². The van der Waals surface area contributed by atoms with E-state index in [1.54, 1.807) is 31.4 Å². The number of carbonyl (C=O) groups excluding carboxylic acids is 2. The Labute approximate surface area is 163 Å². The fourth-order valence-electron chi connectivity index (χ4n) is 3.27. The summed E-state index contributed by atoms with van der Waals surface area (Å²) in [4.78, 5) is 26.6. The molecule has 3 rings (SSSR count). The molecule has 1 aromatic heterocycles. The summed E-state index contributed by atoms with van der Waals surface area (Å²) in [6, 6.07) is 6.95. The third-order valence-corrected chi connectivity index (χ3v) is 5.79. The largest absolute Gasteiger partial charge is 0.497 e. The number of esters is 1. The summed E-state index contributed by atoms with van der Waals surface area (Å²) in [5.74, 6) is 0.561. The van der Waals surface area contributed by atoms with Crippen molar-refractivity contribution in [2.45, 2.75) is 46.1 Å². The number of hydrogen-bond acceptors (Lipinski definition) is 5. The molecule has 1 N–H and O–H groups in total. The van der Waals surface area contributed by atoms with Crippen LogP contribution in [0.1, 0.15) is 58.3 Å². The highest BCUT2D eigenvalue weighted by atomic mass is 32.1. The normalized spacial score (nSPS) is 16.0. The molecule has 1 heterocycles. The molecule has 5 nitrogen and oxygen atoms in total. The summed E-state index contributed by atoms with van der Waals surface area (Å²) in [5.41, 5.74) is 2.04. The molecular formula is C21H25NO4S. The maximum absolute atomic E-state index is 12.7. The molecule has 0 fully saturated rings. The number of hydrogen-bond donors (Lipinski definition) is 1. The Hall–Kier alpha value is -2.34. The van der Waals surface area contributed by atoms with Crippen molar-refractivity contribution in [2.75, 3.05) is 12.4 Å². The molecule has 27 heavy (non-hydrogen) atoms. The average molecular weight is 388 g/mol. The van der Waals surface area contributed by atoms with Gasteiger partial charge in [0.05, 0.1) is 18.8 Å². The van der Waals surface area contributed by atoms with Gasteiger partial charge in [0.1, 0.15) is 10.8 Å². The van der Waals surface area contributed by atoms with E-state index in [4.69, 9.17) is 9.47 Å². The van der Waals surface area contributed by atoms with Crippen LogP contribution >= 0.6 is 11.3 Å². The maximum atomic E-state index is 12.7. The summed E-state index contributed by atoms with van der Waals surface area (Å²) in [7, 11) is 1.56. The number of anilines is 1. The van der Waals surface area contributed by atoms with Gasteiger partial charge in [-0.2, -0.15) is 0 Å². The first-order chi connectivity index (χ1) is 12.9. The van der Waals surface area contributed by atoms with Crippen LogP contribution in [0.25, 0.3) is 0 Å². The Morgan fingerprint density at radius 2 is 2.07 bits per heavy atom. The van der Waals surface area contributed by atoms with Gasteiger partial charge in [-0.3, -0.25) is 4.79 Å². The van der Waals surface area contributed by atoms with E-state index in [1.165, 1.54) is 16.2 Å². The van der Waals surface area contributed by atoms with Gasteiger partial charge in [0.2, 0.25) is 0 Å². The van der Waals surface area contributed by atoms with Crippen LogP contribution in [-0.2, 0) is 17.6 Å². The molecule has 0 saturated heterocycles.